The van der Waals surface area contributed by atoms with Gasteiger partial charge in [-0.05, 0) is 305 Å². The summed E-state index contributed by atoms with van der Waals surface area (Å²) in [7, 11) is 15.5. The fourth-order valence-corrected chi connectivity index (χ4v) is 20.6. The van der Waals surface area contributed by atoms with Gasteiger partial charge >= 0.3 is 0 Å². The number of anilines is 2. The zero-order valence-electron chi connectivity index (χ0n) is 84.6. The van der Waals surface area contributed by atoms with Gasteiger partial charge < -0.3 is 50.7 Å². The Hall–Kier alpha value is -10.5. The Morgan fingerprint density at radius 3 is 0.654 bits per heavy atom. The van der Waals surface area contributed by atoms with E-state index < -0.39 is 34.0 Å². The number of nitrogens with zero attached hydrogens (tertiary/aromatic N) is 10. The van der Waals surface area contributed by atoms with Crippen LogP contribution in [0.15, 0.2) is 194 Å². The molecule has 4 N–H and O–H groups in total. The van der Waals surface area contributed by atoms with Crippen LogP contribution in [0.3, 0.4) is 0 Å². The predicted octanol–water partition coefficient (Wildman–Crippen LogP) is 14.9. The summed E-state index contributed by atoms with van der Waals surface area (Å²) in [5.41, 5.74) is 9.16. The highest BCUT2D eigenvalue weighted by Gasteiger charge is 2.46. The number of amides is 4. The van der Waals surface area contributed by atoms with E-state index in [4.69, 9.17) is 0 Å². The minimum Gasteiger partial charge on any atom is -0.369 e. The van der Waals surface area contributed by atoms with Crippen LogP contribution in [0.1, 0.15) is 218 Å². The van der Waals surface area contributed by atoms with Crippen molar-refractivity contribution in [2.75, 3.05) is 171 Å². The molecule has 732 valence electrons. The average molecular weight is 1860 g/mol. The molecular weight excluding hydrogens is 1710 g/mol. The number of benzene rings is 8. The molecule has 0 radical (unpaired) electrons. The van der Waals surface area contributed by atoms with Crippen molar-refractivity contribution in [3.05, 3.63) is 273 Å². The van der Waals surface area contributed by atoms with Gasteiger partial charge in [-0.2, -0.15) is 0 Å². The topological polar surface area (TPSA) is 217 Å². The Morgan fingerprint density at radius 1 is 0.294 bits per heavy atom. The highest BCUT2D eigenvalue weighted by Crippen LogP contribution is 2.38. The molecule has 8 aromatic carbocycles. The SMILES string of the molecule is C1CNCCN1.CCC(Cc1ccc(C(C)C(=O)N2CC(C)N(C(=O)C(C)c3ccc(CC(CC)(C(=O)c4ccc(F)cc4)N(C)C)cc3)CC2C)cc1)(C(=O)c1ccc(F)cc1)N(C)C.CCC(Cc1ccc(C(C)C(=O)N2CC(C)N(C(=O)C(C)c3ccc(CC(CC)(C(=O)c4ccc(N5CCNCC5)cc4)N(C)C)cc3)CC2C)cc1)(C(=O)c1ccc(N2CCNCC2)cc1)N(C)C. The van der Waals surface area contributed by atoms with Crippen molar-refractivity contribution in [2.24, 2.45) is 0 Å². The predicted molar refractivity (Wildman–Crippen MR) is 545 cm³/mol. The van der Waals surface area contributed by atoms with E-state index in [2.05, 4.69) is 103 Å². The lowest BCUT2D eigenvalue weighted by Gasteiger charge is -2.45. The van der Waals surface area contributed by atoms with Gasteiger partial charge in [0.2, 0.25) is 23.6 Å². The number of hydrogen-bond acceptors (Lipinski definition) is 18. The van der Waals surface area contributed by atoms with E-state index in [1.54, 1.807) is 0 Å². The maximum Gasteiger partial charge on any atom is 0.230 e. The number of nitrogens with one attached hydrogen (secondary N) is 4. The summed E-state index contributed by atoms with van der Waals surface area (Å²) in [6.07, 6.45) is 4.44. The van der Waals surface area contributed by atoms with Crippen LogP contribution in [-0.2, 0) is 44.9 Å². The van der Waals surface area contributed by atoms with Crippen LogP contribution < -0.4 is 31.1 Å². The van der Waals surface area contributed by atoms with E-state index in [1.807, 2.05) is 252 Å². The molecule has 5 heterocycles. The first-order valence-corrected chi connectivity index (χ1v) is 49.4. The summed E-state index contributed by atoms with van der Waals surface area (Å²) in [6, 6.07) is 59.1. The fourth-order valence-electron chi connectivity index (χ4n) is 20.6. The number of carbonyl (C=O) groups excluding carboxylic acids is 8. The van der Waals surface area contributed by atoms with Gasteiger partial charge in [0.25, 0.3) is 0 Å². The Balaban J connectivity index is 0.000000248. The molecule has 4 amide bonds. The molecule has 0 aromatic heterocycles. The third-order valence-electron chi connectivity index (χ3n) is 30.3. The normalized spacial score (nSPS) is 19.9. The minimum atomic E-state index is -0.827. The zero-order chi connectivity index (χ0) is 98.7. The van der Waals surface area contributed by atoms with Crippen LogP contribution in [0, 0.1) is 11.6 Å². The third kappa shape index (κ3) is 24.4. The number of likely N-dealkylation sites (N-methyl/N-ethyl adjacent to an activating group) is 4. The van der Waals surface area contributed by atoms with E-state index in [0.717, 1.165) is 134 Å². The lowest BCUT2D eigenvalue weighted by molar-refractivity contribution is -0.147. The Bertz CT molecular complexity index is 4950. The lowest BCUT2D eigenvalue weighted by atomic mass is 9.80. The van der Waals surface area contributed by atoms with E-state index in [9.17, 15) is 47.1 Å². The zero-order valence-corrected chi connectivity index (χ0v) is 84.6. The first-order valence-electron chi connectivity index (χ1n) is 49.4. The first kappa shape index (κ1) is 106. The average Bonchev–Trinajstić information content (AvgIpc) is 0.797. The molecule has 5 fully saturated rings. The van der Waals surface area contributed by atoms with Crippen LogP contribution in [0.25, 0.3) is 0 Å². The molecule has 5 aliphatic heterocycles. The van der Waals surface area contributed by atoms with Crippen molar-refractivity contribution in [3.8, 4) is 0 Å². The number of halogens is 2. The van der Waals surface area contributed by atoms with Gasteiger partial charge in [0.1, 0.15) is 11.6 Å². The van der Waals surface area contributed by atoms with Gasteiger partial charge in [-0.1, -0.05) is 125 Å². The number of carbonyl (C=O) groups is 8. The van der Waals surface area contributed by atoms with Crippen molar-refractivity contribution in [2.45, 2.75) is 204 Å². The molecule has 0 saturated carbocycles. The second-order valence-electron chi connectivity index (χ2n) is 39.4. The second kappa shape index (κ2) is 47.7. The number of piperazine rings is 5. The van der Waals surface area contributed by atoms with Crippen LogP contribution in [0.4, 0.5) is 20.2 Å². The molecule has 5 saturated heterocycles. The molecule has 13 rings (SSSR count). The van der Waals surface area contributed by atoms with E-state index in [-0.39, 0.29) is 94.4 Å². The molecule has 136 heavy (non-hydrogen) atoms. The molecule has 5 aliphatic rings. The molecule has 22 nitrogen and oxygen atoms in total. The Morgan fingerprint density at radius 2 is 0.478 bits per heavy atom. The quantitative estimate of drug-likeness (QED) is 0.0276. The number of rotatable bonds is 34. The number of hydrogen-bond donors (Lipinski definition) is 4. The van der Waals surface area contributed by atoms with E-state index >= 15 is 0 Å². The highest BCUT2D eigenvalue weighted by atomic mass is 19.1. The molecule has 8 aromatic rings. The smallest absolute Gasteiger partial charge is 0.230 e. The molecule has 0 aliphatic carbocycles. The second-order valence-corrected chi connectivity index (χ2v) is 39.4. The van der Waals surface area contributed by atoms with Crippen LogP contribution in [0.5, 0.6) is 0 Å². The molecule has 12 atom stereocenters. The molecule has 0 bridgehead atoms. The maximum atomic E-state index is 14.3. The lowest BCUT2D eigenvalue weighted by Crippen LogP contribution is -2.60. The number of ketones is 4. The summed E-state index contributed by atoms with van der Waals surface area (Å²) < 4.78 is 27.3. The van der Waals surface area contributed by atoms with Crippen molar-refractivity contribution < 1.29 is 47.1 Å². The highest BCUT2D eigenvalue weighted by molar-refractivity contribution is 6.06. The molecule has 24 heteroatoms. The van der Waals surface area contributed by atoms with Gasteiger partial charge in [0, 0.05) is 163 Å². The third-order valence-corrected chi connectivity index (χ3v) is 30.3. The van der Waals surface area contributed by atoms with E-state index in [1.165, 1.54) is 48.5 Å². The number of Topliss-reactive ketones (excluding diaryl/α,β-unsaturated/α-hetero) is 4. The largest absolute Gasteiger partial charge is 0.369 e. The first-order chi connectivity index (χ1) is 64.9. The molecule has 12 unspecified atom stereocenters. The van der Waals surface area contributed by atoms with Gasteiger partial charge in [-0.15, -0.1) is 0 Å². The summed E-state index contributed by atoms with van der Waals surface area (Å²) in [4.78, 5) is 133. The standard InChI is InChI=1S/C58H80N8O4.C50H62F2N4O4.C4H10N2/c1-11-57(61(7)8,53(67)49-21-25-51(26-22-49)63-33-29-59-30-34-63)37-45-13-17-47(18-14-45)43(5)55(69)65-39-42(4)66(40-41(65)3)56(70)44(6)48-19-15-46(16-20-48)38-58(12-2,62(9)10)54(68)50-23-27-52(28-24-50)64-35-31-60-32-36-64;1-11-49(53(7)8,45(57)41-21-25-43(51)26-22-41)29-37-13-17-39(18-14-37)35(5)47(59)55-31-34(4)56(32-33(55)3)48(60)36(6)40-19-15-38(16-20-40)30-50(12-2,54(9)10)46(58)42-23-27-44(52)28-24-42;1-2-6-4-3-5-1/h13-28,41-44,59-60H,11-12,29-40H2,1-10H3;13-28,33-36H,11-12,29-32H2,1-10H3;5-6H,1-4H2. The van der Waals surface area contributed by atoms with E-state index in [0.29, 0.717) is 99.8 Å². The summed E-state index contributed by atoms with van der Waals surface area (Å²) in [5, 5.41) is 13.2. The maximum absolute atomic E-state index is 14.3. The fraction of sp³-hybridized carbons (Fsp3) is 0.500. The van der Waals surface area contributed by atoms with Crippen LogP contribution in [-0.4, -0.2) is 293 Å². The summed E-state index contributed by atoms with van der Waals surface area (Å²) in [5.74, 6) is -2.17. The van der Waals surface area contributed by atoms with Gasteiger partial charge in [-0.3, -0.25) is 58.0 Å². The van der Waals surface area contributed by atoms with Crippen molar-refractivity contribution >= 4 is 58.1 Å². The molecule has 0 spiro atoms. The van der Waals surface area contributed by atoms with Crippen LogP contribution >= 0.6 is 0 Å². The van der Waals surface area contributed by atoms with Crippen molar-refractivity contribution in [1.82, 2.24) is 60.5 Å². The van der Waals surface area contributed by atoms with Crippen molar-refractivity contribution in [3.63, 3.8) is 0 Å². The monoisotopic (exact) mass is 1860 g/mol. The molecular formula is C112H152F2N14O8. The van der Waals surface area contributed by atoms with Crippen LogP contribution in [0.2, 0.25) is 0 Å². The van der Waals surface area contributed by atoms with Gasteiger partial charge in [-0.25, -0.2) is 8.78 Å². The Labute approximate surface area is 809 Å². The van der Waals surface area contributed by atoms with Gasteiger partial charge in [0.05, 0.1) is 45.8 Å². The summed E-state index contributed by atoms with van der Waals surface area (Å²) in [6.45, 7) is 37.9. The minimum absolute atomic E-state index is 0.000640. The van der Waals surface area contributed by atoms with Gasteiger partial charge in [0.15, 0.2) is 23.1 Å². The Kier molecular flexibility index (Phi) is 37.1. The summed E-state index contributed by atoms with van der Waals surface area (Å²) >= 11 is 0. The van der Waals surface area contributed by atoms with Crippen molar-refractivity contribution in [1.29, 1.82) is 0 Å².